The van der Waals surface area contributed by atoms with E-state index in [4.69, 9.17) is 11.6 Å². The zero-order valence-corrected chi connectivity index (χ0v) is 12.6. The molecule has 0 spiro atoms. The van der Waals surface area contributed by atoms with E-state index < -0.39 is 0 Å². The molecule has 0 saturated heterocycles. The molecule has 2 rings (SSSR count). The summed E-state index contributed by atoms with van der Waals surface area (Å²) in [5.41, 5.74) is 3.16. The summed E-state index contributed by atoms with van der Waals surface area (Å²) >= 11 is 6.40. The number of rotatable bonds is 5. The first kappa shape index (κ1) is 14.1. The first-order chi connectivity index (χ1) is 9.13. The highest BCUT2D eigenvalue weighted by Crippen LogP contribution is 2.33. The molecule has 1 atom stereocenters. The van der Waals surface area contributed by atoms with Crippen molar-refractivity contribution >= 4 is 28.2 Å². The summed E-state index contributed by atoms with van der Waals surface area (Å²) in [4.78, 5) is 4.45. The van der Waals surface area contributed by atoms with Gasteiger partial charge in [0.15, 0.2) is 0 Å². The van der Waals surface area contributed by atoms with Crippen molar-refractivity contribution in [1.82, 2.24) is 4.98 Å². The van der Waals surface area contributed by atoms with E-state index >= 15 is 0 Å². The Labute approximate surface area is 120 Å². The van der Waals surface area contributed by atoms with Crippen LogP contribution in [0.25, 0.3) is 10.9 Å². The van der Waals surface area contributed by atoms with Gasteiger partial charge in [-0.3, -0.25) is 4.98 Å². The summed E-state index contributed by atoms with van der Waals surface area (Å²) in [6.45, 7) is 6.46. The van der Waals surface area contributed by atoms with Crippen LogP contribution in [0.1, 0.15) is 38.7 Å². The van der Waals surface area contributed by atoms with Gasteiger partial charge in [0.1, 0.15) is 0 Å². The predicted octanol–water partition coefficient (Wildman–Crippen LogP) is 5.19. The minimum absolute atomic E-state index is 0.420. The Balaban J connectivity index is 2.37. The number of benzene rings is 1. The highest BCUT2D eigenvalue weighted by molar-refractivity contribution is 6.35. The molecule has 1 unspecified atom stereocenters. The molecule has 0 radical (unpaired) electrons. The number of halogens is 1. The summed E-state index contributed by atoms with van der Waals surface area (Å²) < 4.78 is 0. The number of hydrogen-bond acceptors (Lipinski definition) is 2. The molecule has 0 aliphatic carbocycles. The average molecular weight is 277 g/mol. The molecule has 0 bridgehead atoms. The fourth-order valence-corrected chi connectivity index (χ4v) is 2.68. The Morgan fingerprint density at radius 1 is 1.42 bits per heavy atom. The summed E-state index contributed by atoms with van der Waals surface area (Å²) in [7, 11) is 0. The first-order valence-electron chi connectivity index (χ1n) is 6.93. The Bertz CT molecular complexity index is 566. The van der Waals surface area contributed by atoms with E-state index in [1.807, 2.05) is 25.3 Å². The molecule has 0 saturated carbocycles. The maximum atomic E-state index is 6.40. The quantitative estimate of drug-likeness (QED) is 0.813. The van der Waals surface area contributed by atoms with Gasteiger partial charge < -0.3 is 5.32 Å². The zero-order valence-electron chi connectivity index (χ0n) is 11.8. The van der Waals surface area contributed by atoms with Gasteiger partial charge in [0.25, 0.3) is 0 Å². The Morgan fingerprint density at radius 2 is 2.21 bits per heavy atom. The van der Waals surface area contributed by atoms with Crippen molar-refractivity contribution in [1.29, 1.82) is 0 Å². The lowest BCUT2D eigenvalue weighted by atomic mass is 10.1. The van der Waals surface area contributed by atoms with Crippen molar-refractivity contribution in [3.05, 3.63) is 35.0 Å². The summed E-state index contributed by atoms with van der Waals surface area (Å²) in [5, 5.41) is 5.43. The van der Waals surface area contributed by atoms with E-state index in [-0.39, 0.29) is 0 Å². The lowest BCUT2D eigenvalue weighted by Crippen LogP contribution is -2.15. The number of aromatic nitrogens is 1. The third-order valence-corrected chi connectivity index (χ3v) is 3.71. The van der Waals surface area contributed by atoms with Crippen molar-refractivity contribution < 1.29 is 0 Å². The van der Waals surface area contributed by atoms with Crippen LogP contribution in [0.4, 0.5) is 5.69 Å². The van der Waals surface area contributed by atoms with Gasteiger partial charge in [0.2, 0.25) is 0 Å². The van der Waals surface area contributed by atoms with Gasteiger partial charge in [-0.1, -0.05) is 31.4 Å². The van der Waals surface area contributed by atoms with E-state index in [1.54, 1.807) is 0 Å². The second-order valence-corrected chi connectivity index (χ2v) is 5.54. The summed E-state index contributed by atoms with van der Waals surface area (Å²) in [6.07, 6.45) is 5.43. The van der Waals surface area contributed by atoms with Crippen molar-refractivity contribution in [2.24, 2.45) is 0 Å². The van der Waals surface area contributed by atoms with Gasteiger partial charge in [-0.2, -0.15) is 0 Å². The maximum absolute atomic E-state index is 6.40. The van der Waals surface area contributed by atoms with E-state index in [0.717, 1.165) is 33.6 Å². The van der Waals surface area contributed by atoms with Crippen LogP contribution in [0.2, 0.25) is 5.02 Å². The molecule has 1 heterocycles. The van der Waals surface area contributed by atoms with Crippen molar-refractivity contribution in [3.63, 3.8) is 0 Å². The lowest BCUT2D eigenvalue weighted by Gasteiger charge is -2.18. The van der Waals surface area contributed by atoms with Crippen LogP contribution in [0.3, 0.4) is 0 Å². The Morgan fingerprint density at radius 3 is 2.95 bits per heavy atom. The highest BCUT2D eigenvalue weighted by atomic mass is 35.5. The number of nitrogens with one attached hydrogen (secondary N) is 1. The molecular formula is C16H21ClN2. The van der Waals surface area contributed by atoms with Gasteiger partial charge in [-0.25, -0.2) is 0 Å². The van der Waals surface area contributed by atoms with Crippen LogP contribution in [0.15, 0.2) is 24.4 Å². The van der Waals surface area contributed by atoms with Crippen molar-refractivity contribution in [2.45, 2.75) is 46.1 Å². The van der Waals surface area contributed by atoms with Gasteiger partial charge in [-0.15, -0.1) is 0 Å². The second kappa shape index (κ2) is 6.25. The Kier molecular flexibility index (Phi) is 4.65. The molecule has 0 fully saturated rings. The molecule has 19 heavy (non-hydrogen) atoms. The third kappa shape index (κ3) is 3.19. The smallest absolute Gasteiger partial charge is 0.0752 e. The van der Waals surface area contributed by atoms with Crippen LogP contribution in [-0.4, -0.2) is 11.0 Å². The number of pyridine rings is 1. The third-order valence-electron chi connectivity index (χ3n) is 3.41. The molecule has 0 aliphatic heterocycles. The van der Waals surface area contributed by atoms with E-state index in [2.05, 4.69) is 30.2 Å². The number of hydrogen-bond donors (Lipinski definition) is 1. The minimum atomic E-state index is 0.420. The van der Waals surface area contributed by atoms with Gasteiger partial charge in [-0.05, 0) is 44.0 Å². The molecule has 3 heteroatoms. The molecule has 0 amide bonds. The molecular weight excluding hydrogens is 256 g/mol. The molecule has 102 valence electrons. The molecule has 2 aromatic rings. The largest absolute Gasteiger partial charge is 0.381 e. The summed E-state index contributed by atoms with van der Waals surface area (Å²) in [5.74, 6) is 0. The van der Waals surface area contributed by atoms with Crippen LogP contribution in [0, 0.1) is 6.92 Å². The standard InChI is InChI=1S/C16H21ClN2/c1-4-5-7-12(3)19-16-13-8-6-9-18-15(13)11(2)10-14(16)17/h6,8-10,12,19H,4-5,7H2,1-3H3. The van der Waals surface area contributed by atoms with Crippen LogP contribution in [0.5, 0.6) is 0 Å². The number of nitrogens with zero attached hydrogens (tertiary/aromatic N) is 1. The predicted molar refractivity (Wildman–Crippen MR) is 84.1 cm³/mol. The monoisotopic (exact) mass is 276 g/mol. The molecule has 0 aliphatic rings. The van der Waals surface area contributed by atoms with Crippen molar-refractivity contribution in [3.8, 4) is 0 Å². The molecule has 1 N–H and O–H groups in total. The molecule has 2 nitrogen and oxygen atoms in total. The Hall–Kier alpha value is -1.28. The number of unbranched alkanes of at least 4 members (excludes halogenated alkanes) is 1. The van der Waals surface area contributed by atoms with Crippen molar-refractivity contribution in [2.75, 3.05) is 5.32 Å². The van der Waals surface area contributed by atoms with Crippen LogP contribution in [-0.2, 0) is 0 Å². The van der Waals surface area contributed by atoms with Crippen LogP contribution < -0.4 is 5.32 Å². The summed E-state index contributed by atoms with van der Waals surface area (Å²) in [6, 6.07) is 6.45. The number of aryl methyl sites for hydroxylation is 1. The van der Waals surface area contributed by atoms with Gasteiger partial charge in [0.05, 0.1) is 16.2 Å². The van der Waals surface area contributed by atoms with Crippen LogP contribution >= 0.6 is 11.6 Å². The highest BCUT2D eigenvalue weighted by Gasteiger charge is 2.11. The number of fused-ring (bicyclic) bond motifs is 1. The molecule has 1 aromatic heterocycles. The second-order valence-electron chi connectivity index (χ2n) is 5.14. The number of anilines is 1. The minimum Gasteiger partial charge on any atom is -0.381 e. The fourth-order valence-electron chi connectivity index (χ4n) is 2.36. The average Bonchev–Trinajstić information content (AvgIpc) is 2.41. The van der Waals surface area contributed by atoms with Gasteiger partial charge in [0, 0.05) is 17.6 Å². The van der Waals surface area contributed by atoms with Gasteiger partial charge >= 0.3 is 0 Å². The van der Waals surface area contributed by atoms with E-state index in [0.29, 0.717) is 6.04 Å². The fraction of sp³-hybridized carbons (Fsp3) is 0.438. The zero-order chi connectivity index (χ0) is 13.8. The molecule has 1 aromatic carbocycles. The van der Waals surface area contributed by atoms with E-state index in [9.17, 15) is 0 Å². The SMILES string of the molecule is CCCCC(C)Nc1c(Cl)cc(C)c2ncccc12. The van der Waals surface area contributed by atoms with E-state index in [1.165, 1.54) is 12.8 Å². The maximum Gasteiger partial charge on any atom is 0.0752 e. The first-order valence-corrected chi connectivity index (χ1v) is 7.31. The topological polar surface area (TPSA) is 24.9 Å². The normalized spacial score (nSPS) is 12.6. The lowest BCUT2D eigenvalue weighted by molar-refractivity contribution is 0.645.